The van der Waals surface area contributed by atoms with Crippen LogP contribution in [0.25, 0.3) is 0 Å². The van der Waals surface area contributed by atoms with Gasteiger partial charge in [0.05, 0.1) is 4.87 Å². The molecular formula is C15H21Br2ClO2. The highest BCUT2D eigenvalue weighted by molar-refractivity contribution is 9.10. The quantitative estimate of drug-likeness (QED) is 0.416. The summed E-state index contributed by atoms with van der Waals surface area (Å²) in [6.07, 6.45) is 3.60. The van der Waals surface area contributed by atoms with Crippen molar-refractivity contribution in [2.75, 3.05) is 0 Å². The van der Waals surface area contributed by atoms with Gasteiger partial charge >= 0.3 is 0 Å². The maximum atomic E-state index is 6.68. The zero-order valence-corrected chi connectivity index (χ0v) is 16.2. The molecular weight excluding hydrogens is 407 g/mol. The Kier molecular flexibility index (Phi) is 2.68. The molecule has 2 saturated carbocycles. The summed E-state index contributed by atoms with van der Waals surface area (Å²) < 4.78 is 12.1. The van der Waals surface area contributed by atoms with Crippen molar-refractivity contribution in [2.45, 2.75) is 79.0 Å². The molecule has 0 aromatic rings. The summed E-state index contributed by atoms with van der Waals surface area (Å²) in [5.74, 6) is 0. The first-order valence-corrected chi connectivity index (χ1v) is 9.48. The topological polar surface area (TPSA) is 25.1 Å². The molecule has 114 valence electrons. The molecule has 0 aromatic heterocycles. The van der Waals surface area contributed by atoms with Gasteiger partial charge in [0, 0.05) is 15.7 Å². The van der Waals surface area contributed by atoms with E-state index < -0.39 is 0 Å². The van der Waals surface area contributed by atoms with Gasteiger partial charge in [0.15, 0.2) is 4.51 Å². The van der Waals surface area contributed by atoms with Crippen LogP contribution < -0.4 is 0 Å². The number of fused-ring (bicyclic) bond motifs is 4. The molecule has 20 heavy (non-hydrogen) atoms. The van der Waals surface area contributed by atoms with Crippen LogP contribution in [-0.2, 0) is 9.47 Å². The lowest BCUT2D eigenvalue weighted by Gasteiger charge is -2.58. The van der Waals surface area contributed by atoms with Gasteiger partial charge in [-0.25, -0.2) is 0 Å². The standard InChI is InChI=1S/C15H21Br2ClO2/c1-11(2)14(6-5-12(3,18)8(16)7-14)13(4)9(19-13)10-15(11,17)20-10/h8-10H,5-7H2,1-4H3/t8?,9?,10?,12?,13-,14?,15-/m1/s1. The second-order valence-corrected chi connectivity index (χ2v) is 11.1. The Balaban J connectivity index is 1.80. The van der Waals surface area contributed by atoms with Gasteiger partial charge in [-0.2, -0.15) is 0 Å². The van der Waals surface area contributed by atoms with Crippen LogP contribution in [0.15, 0.2) is 0 Å². The first-order chi connectivity index (χ1) is 9.02. The summed E-state index contributed by atoms with van der Waals surface area (Å²) in [6.45, 7) is 9.10. The number of alkyl halides is 3. The van der Waals surface area contributed by atoms with Crippen molar-refractivity contribution in [1.82, 2.24) is 0 Å². The largest absolute Gasteiger partial charge is 0.363 e. The van der Waals surface area contributed by atoms with E-state index in [9.17, 15) is 0 Å². The molecule has 2 aliphatic heterocycles. The highest BCUT2D eigenvalue weighted by atomic mass is 79.9. The van der Waals surface area contributed by atoms with Crippen LogP contribution in [0, 0.1) is 10.8 Å². The van der Waals surface area contributed by atoms with Crippen LogP contribution in [0.1, 0.15) is 47.0 Å². The molecule has 2 saturated heterocycles. The fourth-order valence-electron chi connectivity index (χ4n) is 5.08. The van der Waals surface area contributed by atoms with E-state index in [0.29, 0.717) is 4.83 Å². The smallest absolute Gasteiger partial charge is 0.157 e. The predicted molar refractivity (Wildman–Crippen MR) is 86.8 cm³/mol. The summed E-state index contributed by atoms with van der Waals surface area (Å²) in [7, 11) is 0. The molecule has 5 heteroatoms. The number of halogens is 3. The van der Waals surface area contributed by atoms with Crippen LogP contribution in [0.5, 0.6) is 0 Å². The number of hydrogen-bond donors (Lipinski definition) is 0. The Labute approximate surface area is 142 Å². The van der Waals surface area contributed by atoms with Crippen molar-refractivity contribution in [3.8, 4) is 0 Å². The monoisotopic (exact) mass is 426 g/mol. The molecule has 0 aromatic carbocycles. The van der Waals surface area contributed by atoms with Gasteiger partial charge in [0.1, 0.15) is 17.8 Å². The number of hydrogen-bond acceptors (Lipinski definition) is 2. The van der Waals surface area contributed by atoms with Crippen molar-refractivity contribution in [2.24, 2.45) is 10.8 Å². The second-order valence-electron chi connectivity index (χ2n) is 7.99. The van der Waals surface area contributed by atoms with E-state index in [1.807, 2.05) is 0 Å². The van der Waals surface area contributed by atoms with Crippen LogP contribution in [-0.4, -0.2) is 32.0 Å². The van der Waals surface area contributed by atoms with Gasteiger partial charge in [0.2, 0.25) is 0 Å². The molecule has 0 bridgehead atoms. The molecule has 0 radical (unpaired) electrons. The third-order valence-corrected chi connectivity index (χ3v) is 10.6. The number of rotatable bonds is 0. The first kappa shape index (κ1) is 14.7. The summed E-state index contributed by atoms with van der Waals surface area (Å²) >= 11 is 14.4. The Morgan fingerprint density at radius 1 is 1.05 bits per heavy atom. The molecule has 2 nitrogen and oxygen atoms in total. The van der Waals surface area contributed by atoms with Gasteiger partial charge in [-0.05, 0) is 33.1 Å². The van der Waals surface area contributed by atoms with Gasteiger partial charge < -0.3 is 9.47 Å². The van der Waals surface area contributed by atoms with Crippen LogP contribution in [0.3, 0.4) is 0 Å². The minimum absolute atomic E-state index is 0.0197. The van der Waals surface area contributed by atoms with E-state index >= 15 is 0 Å². The molecule has 2 aliphatic carbocycles. The Bertz CT molecular complexity index is 496. The minimum Gasteiger partial charge on any atom is -0.363 e. The van der Waals surface area contributed by atoms with Crippen LogP contribution >= 0.6 is 43.5 Å². The molecule has 4 aliphatic rings. The van der Waals surface area contributed by atoms with E-state index in [1.54, 1.807) is 0 Å². The van der Waals surface area contributed by atoms with E-state index in [2.05, 4.69) is 59.6 Å². The summed E-state index contributed by atoms with van der Waals surface area (Å²) in [5.41, 5.74) is 0.0594. The number of epoxide rings is 2. The second kappa shape index (κ2) is 3.63. The molecule has 2 heterocycles. The number of ether oxygens (including phenoxy) is 2. The Hall–Kier alpha value is 1.17. The van der Waals surface area contributed by atoms with Crippen molar-refractivity contribution in [3.05, 3.63) is 0 Å². The highest BCUT2D eigenvalue weighted by Crippen LogP contribution is 2.80. The maximum Gasteiger partial charge on any atom is 0.157 e. The van der Waals surface area contributed by atoms with Crippen molar-refractivity contribution in [1.29, 1.82) is 0 Å². The minimum atomic E-state index is -0.215. The Morgan fingerprint density at radius 3 is 2.30 bits per heavy atom. The molecule has 0 amide bonds. The fraction of sp³-hybridized carbons (Fsp3) is 1.00. The van der Waals surface area contributed by atoms with Gasteiger partial charge in [0.25, 0.3) is 0 Å². The van der Waals surface area contributed by atoms with Crippen LogP contribution in [0.2, 0.25) is 0 Å². The lowest BCUT2D eigenvalue weighted by atomic mass is 9.47. The summed E-state index contributed by atoms with van der Waals surface area (Å²) in [4.78, 5) is 0.140. The molecule has 1 spiro atoms. The molecule has 4 fully saturated rings. The summed E-state index contributed by atoms with van der Waals surface area (Å²) in [5, 5.41) is 0. The predicted octanol–water partition coefficient (Wildman–Crippen LogP) is 4.61. The zero-order chi connectivity index (χ0) is 14.8. The highest BCUT2D eigenvalue weighted by Gasteiger charge is 2.89. The fourth-order valence-corrected chi connectivity index (χ4v) is 6.85. The lowest BCUT2D eigenvalue weighted by molar-refractivity contribution is -0.0701. The van der Waals surface area contributed by atoms with Crippen molar-refractivity contribution < 1.29 is 9.47 Å². The van der Waals surface area contributed by atoms with Crippen molar-refractivity contribution in [3.63, 3.8) is 0 Å². The van der Waals surface area contributed by atoms with Gasteiger partial charge in [-0.15, -0.1) is 11.6 Å². The SMILES string of the molecule is CC1(Cl)CCC2(CC1Br)C(C)(C)[C@]1(Br)OC1C1O[C@]12C. The van der Waals surface area contributed by atoms with Crippen molar-refractivity contribution >= 4 is 43.5 Å². The zero-order valence-electron chi connectivity index (χ0n) is 12.3. The summed E-state index contributed by atoms with van der Waals surface area (Å²) in [6, 6.07) is 0. The third kappa shape index (κ3) is 1.36. The molecule has 0 N–H and O–H groups in total. The Morgan fingerprint density at radius 2 is 1.70 bits per heavy atom. The van der Waals surface area contributed by atoms with E-state index in [-0.39, 0.29) is 38.0 Å². The third-order valence-electron chi connectivity index (χ3n) is 6.96. The normalized spacial score (nSPS) is 66.5. The first-order valence-electron chi connectivity index (χ1n) is 7.39. The van der Waals surface area contributed by atoms with E-state index in [1.165, 1.54) is 0 Å². The molecule has 7 atom stereocenters. The molecule has 5 unspecified atom stereocenters. The maximum absolute atomic E-state index is 6.68. The van der Waals surface area contributed by atoms with Gasteiger partial charge in [-0.1, -0.05) is 45.7 Å². The lowest BCUT2D eigenvalue weighted by Crippen LogP contribution is -2.62. The average Bonchev–Trinajstić information content (AvgIpc) is 3.19. The van der Waals surface area contributed by atoms with E-state index in [4.69, 9.17) is 21.1 Å². The van der Waals surface area contributed by atoms with Crippen LogP contribution in [0.4, 0.5) is 0 Å². The average molecular weight is 429 g/mol. The molecule has 4 rings (SSSR count). The van der Waals surface area contributed by atoms with Gasteiger partial charge in [-0.3, -0.25) is 0 Å². The van der Waals surface area contributed by atoms with E-state index in [0.717, 1.165) is 19.3 Å².